The SMILES string of the molecule is CC[C@H]1CC(=O)NC1CN. The molecule has 0 aromatic rings. The third kappa shape index (κ3) is 1.29. The number of carbonyl (C=O) groups excluding carboxylic acids is 1. The van der Waals surface area contributed by atoms with Gasteiger partial charge in [-0.25, -0.2) is 0 Å². The second-order valence-corrected chi connectivity index (χ2v) is 2.78. The van der Waals surface area contributed by atoms with Crippen molar-refractivity contribution in [3.05, 3.63) is 0 Å². The van der Waals surface area contributed by atoms with Crippen LogP contribution in [-0.4, -0.2) is 18.5 Å². The van der Waals surface area contributed by atoms with E-state index in [4.69, 9.17) is 5.73 Å². The van der Waals surface area contributed by atoms with E-state index in [0.29, 0.717) is 18.9 Å². The van der Waals surface area contributed by atoms with Gasteiger partial charge in [0.15, 0.2) is 0 Å². The van der Waals surface area contributed by atoms with Crippen LogP contribution in [-0.2, 0) is 4.79 Å². The molecule has 0 saturated carbocycles. The molecular weight excluding hydrogens is 128 g/mol. The first-order valence-corrected chi connectivity index (χ1v) is 3.77. The molecule has 0 aromatic heterocycles. The fourth-order valence-electron chi connectivity index (χ4n) is 1.44. The molecular formula is C7H14N2O. The molecule has 1 amide bonds. The van der Waals surface area contributed by atoms with Gasteiger partial charge in [0.1, 0.15) is 0 Å². The fraction of sp³-hybridized carbons (Fsp3) is 0.857. The van der Waals surface area contributed by atoms with Crippen LogP contribution in [0.25, 0.3) is 0 Å². The molecule has 2 atom stereocenters. The summed E-state index contributed by atoms with van der Waals surface area (Å²) in [6.45, 7) is 2.66. The highest BCUT2D eigenvalue weighted by Crippen LogP contribution is 2.18. The molecule has 1 fully saturated rings. The molecule has 1 aliphatic rings. The second kappa shape index (κ2) is 3.01. The zero-order valence-electron chi connectivity index (χ0n) is 6.26. The monoisotopic (exact) mass is 142 g/mol. The van der Waals surface area contributed by atoms with Gasteiger partial charge in [0, 0.05) is 19.0 Å². The van der Waals surface area contributed by atoms with Gasteiger partial charge in [-0.15, -0.1) is 0 Å². The summed E-state index contributed by atoms with van der Waals surface area (Å²) in [6, 6.07) is 0.234. The average Bonchev–Trinajstić information content (AvgIpc) is 2.30. The minimum atomic E-state index is 0.155. The Balaban J connectivity index is 2.48. The molecule has 10 heavy (non-hydrogen) atoms. The van der Waals surface area contributed by atoms with Gasteiger partial charge in [-0.3, -0.25) is 4.79 Å². The van der Waals surface area contributed by atoms with Gasteiger partial charge >= 0.3 is 0 Å². The number of rotatable bonds is 2. The molecule has 1 unspecified atom stereocenters. The Morgan fingerprint density at radius 1 is 1.80 bits per heavy atom. The van der Waals surface area contributed by atoms with Crippen molar-refractivity contribution in [2.75, 3.05) is 6.54 Å². The molecule has 3 nitrogen and oxygen atoms in total. The predicted molar refractivity (Wildman–Crippen MR) is 39.4 cm³/mol. The van der Waals surface area contributed by atoms with Crippen LogP contribution < -0.4 is 11.1 Å². The van der Waals surface area contributed by atoms with Crippen LogP contribution in [0.4, 0.5) is 0 Å². The summed E-state index contributed by atoms with van der Waals surface area (Å²) in [5, 5.41) is 2.84. The zero-order valence-corrected chi connectivity index (χ0v) is 6.26. The van der Waals surface area contributed by atoms with E-state index in [1.54, 1.807) is 0 Å². The van der Waals surface area contributed by atoms with Gasteiger partial charge < -0.3 is 11.1 Å². The highest BCUT2D eigenvalue weighted by Gasteiger charge is 2.29. The van der Waals surface area contributed by atoms with Crippen LogP contribution in [0, 0.1) is 5.92 Å². The topological polar surface area (TPSA) is 55.1 Å². The van der Waals surface area contributed by atoms with Crippen molar-refractivity contribution in [3.8, 4) is 0 Å². The summed E-state index contributed by atoms with van der Waals surface area (Å²) in [5.41, 5.74) is 5.45. The summed E-state index contributed by atoms with van der Waals surface area (Å²) in [6.07, 6.45) is 1.71. The number of hydrogen-bond donors (Lipinski definition) is 2. The van der Waals surface area contributed by atoms with Crippen molar-refractivity contribution in [1.29, 1.82) is 0 Å². The Kier molecular flexibility index (Phi) is 2.27. The minimum absolute atomic E-state index is 0.155. The highest BCUT2D eigenvalue weighted by molar-refractivity contribution is 5.79. The summed E-state index contributed by atoms with van der Waals surface area (Å²) in [5.74, 6) is 0.625. The molecule has 0 aromatic carbocycles. The molecule has 1 rings (SSSR count). The van der Waals surface area contributed by atoms with Crippen molar-refractivity contribution in [1.82, 2.24) is 5.32 Å². The minimum Gasteiger partial charge on any atom is -0.352 e. The van der Waals surface area contributed by atoms with Crippen LogP contribution in [0.2, 0.25) is 0 Å². The fourth-order valence-corrected chi connectivity index (χ4v) is 1.44. The molecule has 0 bridgehead atoms. The Labute approximate surface area is 61.0 Å². The maximum Gasteiger partial charge on any atom is 0.220 e. The first kappa shape index (κ1) is 7.54. The van der Waals surface area contributed by atoms with E-state index in [1.165, 1.54) is 0 Å². The lowest BCUT2D eigenvalue weighted by molar-refractivity contribution is -0.119. The average molecular weight is 142 g/mol. The summed E-state index contributed by atoms with van der Waals surface area (Å²) >= 11 is 0. The number of nitrogens with two attached hydrogens (primary N) is 1. The maximum absolute atomic E-state index is 10.8. The largest absolute Gasteiger partial charge is 0.352 e. The molecule has 0 radical (unpaired) electrons. The van der Waals surface area contributed by atoms with Gasteiger partial charge in [-0.2, -0.15) is 0 Å². The van der Waals surface area contributed by atoms with Crippen LogP contribution in [0.3, 0.4) is 0 Å². The Hall–Kier alpha value is -0.570. The number of carbonyl (C=O) groups is 1. The Morgan fingerprint density at radius 2 is 2.50 bits per heavy atom. The maximum atomic E-state index is 10.8. The molecule has 58 valence electrons. The van der Waals surface area contributed by atoms with E-state index >= 15 is 0 Å². The van der Waals surface area contributed by atoms with Gasteiger partial charge in [0.25, 0.3) is 0 Å². The zero-order chi connectivity index (χ0) is 7.56. The molecule has 0 spiro atoms. The smallest absolute Gasteiger partial charge is 0.220 e. The van der Waals surface area contributed by atoms with E-state index < -0.39 is 0 Å². The lowest BCUT2D eigenvalue weighted by Crippen LogP contribution is -2.35. The van der Waals surface area contributed by atoms with Crippen molar-refractivity contribution < 1.29 is 4.79 Å². The van der Waals surface area contributed by atoms with Gasteiger partial charge in [0.2, 0.25) is 5.91 Å². The van der Waals surface area contributed by atoms with Crippen LogP contribution in [0.15, 0.2) is 0 Å². The van der Waals surface area contributed by atoms with Gasteiger partial charge in [-0.1, -0.05) is 13.3 Å². The quantitative estimate of drug-likeness (QED) is 0.564. The Bertz CT molecular complexity index is 122. The first-order chi connectivity index (χ1) is 4.77. The van der Waals surface area contributed by atoms with Crippen molar-refractivity contribution in [2.45, 2.75) is 25.8 Å². The van der Waals surface area contributed by atoms with E-state index in [-0.39, 0.29) is 11.9 Å². The van der Waals surface area contributed by atoms with Crippen LogP contribution in [0.5, 0.6) is 0 Å². The Morgan fingerprint density at radius 3 is 2.90 bits per heavy atom. The molecule has 0 aliphatic carbocycles. The molecule has 3 heteroatoms. The van der Waals surface area contributed by atoms with Crippen LogP contribution >= 0.6 is 0 Å². The van der Waals surface area contributed by atoms with E-state index in [9.17, 15) is 4.79 Å². The molecule has 1 saturated heterocycles. The van der Waals surface area contributed by atoms with E-state index in [0.717, 1.165) is 6.42 Å². The van der Waals surface area contributed by atoms with Crippen molar-refractivity contribution >= 4 is 5.91 Å². The molecule has 1 aliphatic heterocycles. The van der Waals surface area contributed by atoms with E-state index in [1.807, 2.05) is 0 Å². The van der Waals surface area contributed by atoms with Crippen LogP contribution in [0.1, 0.15) is 19.8 Å². The number of nitrogens with one attached hydrogen (secondary N) is 1. The highest BCUT2D eigenvalue weighted by atomic mass is 16.2. The summed E-state index contributed by atoms with van der Waals surface area (Å²) in [4.78, 5) is 10.8. The summed E-state index contributed by atoms with van der Waals surface area (Å²) < 4.78 is 0. The second-order valence-electron chi connectivity index (χ2n) is 2.78. The van der Waals surface area contributed by atoms with Crippen molar-refractivity contribution in [3.63, 3.8) is 0 Å². The predicted octanol–water partition coefficient (Wildman–Crippen LogP) is -0.140. The van der Waals surface area contributed by atoms with Gasteiger partial charge in [-0.05, 0) is 5.92 Å². The van der Waals surface area contributed by atoms with Gasteiger partial charge in [0.05, 0.1) is 0 Å². The molecule has 3 N–H and O–H groups in total. The first-order valence-electron chi connectivity index (χ1n) is 3.77. The molecule has 1 heterocycles. The normalized spacial score (nSPS) is 32.4. The van der Waals surface area contributed by atoms with Crippen molar-refractivity contribution in [2.24, 2.45) is 11.7 Å². The summed E-state index contributed by atoms with van der Waals surface area (Å²) in [7, 11) is 0. The standard InChI is InChI=1S/C7H14N2O/c1-2-5-3-7(10)9-6(5)4-8/h5-6H,2-4,8H2,1H3,(H,9,10)/t5-,6?/m0/s1. The third-order valence-electron chi connectivity index (χ3n) is 2.14. The lowest BCUT2D eigenvalue weighted by Gasteiger charge is -2.13. The number of hydrogen-bond acceptors (Lipinski definition) is 2. The van der Waals surface area contributed by atoms with E-state index in [2.05, 4.69) is 12.2 Å². The third-order valence-corrected chi connectivity index (χ3v) is 2.14. The number of amides is 1. The lowest BCUT2D eigenvalue weighted by atomic mass is 9.98.